The molecule has 0 aliphatic carbocycles. The van der Waals surface area contributed by atoms with Crippen LogP contribution in [0.1, 0.15) is 12.5 Å². The van der Waals surface area contributed by atoms with Gasteiger partial charge in [0.2, 0.25) is 0 Å². The van der Waals surface area contributed by atoms with E-state index in [9.17, 15) is 0 Å². The van der Waals surface area contributed by atoms with E-state index < -0.39 is 0 Å². The second kappa shape index (κ2) is 10.7. The van der Waals surface area contributed by atoms with E-state index in [-0.39, 0.29) is 0 Å². The Hall–Kier alpha value is -5.35. The number of benzene rings is 5. The van der Waals surface area contributed by atoms with E-state index in [1.54, 1.807) is 0 Å². The van der Waals surface area contributed by atoms with Crippen LogP contribution in [0.5, 0.6) is 0 Å². The standard InChI is InChI=1S/C37H28N4/c1-25-15-24-33-32(13-8-14-34(33)38-25)28-20-16-26(17-21-28)27-18-22-31(23-19-27)37-40-35(29-9-4-2-5-10-29)39-36(41-37)30-11-6-3-7-12-30/h2-25,38H,1H3. The van der Waals surface area contributed by atoms with Gasteiger partial charge in [-0.05, 0) is 35.2 Å². The highest BCUT2D eigenvalue weighted by Gasteiger charge is 2.14. The monoisotopic (exact) mass is 528 g/mol. The molecule has 1 unspecified atom stereocenters. The predicted octanol–water partition coefficient (Wildman–Crippen LogP) is 9.03. The fourth-order valence-electron chi connectivity index (χ4n) is 5.25. The molecule has 7 rings (SSSR count). The molecular formula is C37H28N4. The van der Waals surface area contributed by atoms with Crippen LogP contribution in [0, 0.1) is 0 Å². The van der Waals surface area contributed by atoms with Crippen LogP contribution < -0.4 is 5.32 Å². The lowest BCUT2D eigenvalue weighted by Crippen LogP contribution is -2.15. The van der Waals surface area contributed by atoms with Crippen LogP contribution in [-0.2, 0) is 0 Å². The molecule has 0 amide bonds. The lowest BCUT2D eigenvalue weighted by molar-refractivity contribution is 0.993. The molecule has 0 spiro atoms. The SMILES string of the molecule is CC1C=Cc2c(cccc2-c2ccc(-c3ccc(-c4nc(-c5ccccc5)nc(-c5ccccc5)n4)cc3)cc2)N1. The number of fused-ring (bicyclic) bond motifs is 1. The Kier molecular flexibility index (Phi) is 6.42. The maximum atomic E-state index is 4.85. The highest BCUT2D eigenvalue weighted by atomic mass is 15.0. The Bertz CT molecular complexity index is 1790. The Morgan fingerprint density at radius 1 is 0.463 bits per heavy atom. The van der Waals surface area contributed by atoms with Gasteiger partial charge in [-0.1, -0.05) is 133 Å². The lowest BCUT2D eigenvalue weighted by Gasteiger charge is -2.21. The van der Waals surface area contributed by atoms with Crippen LogP contribution in [0.4, 0.5) is 5.69 Å². The summed E-state index contributed by atoms with van der Waals surface area (Å²) in [6.45, 7) is 2.16. The minimum Gasteiger partial charge on any atom is -0.379 e. The summed E-state index contributed by atoms with van der Waals surface area (Å²) in [5.74, 6) is 1.98. The number of anilines is 1. The zero-order valence-corrected chi connectivity index (χ0v) is 22.7. The van der Waals surface area contributed by atoms with E-state index in [1.807, 2.05) is 60.7 Å². The predicted molar refractivity (Wildman–Crippen MR) is 169 cm³/mol. The molecule has 5 aromatic carbocycles. The van der Waals surface area contributed by atoms with Gasteiger partial charge in [0.25, 0.3) is 0 Å². The second-order valence-electron chi connectivity index (χ2n) is 10.3. The minimum absolute atomic E-state index is 0.343. The van der Waals surface area contributed by atoms with Crippen molar-refractivity contribution in [2.75, 3.05) is 5.32 Å². The van der Waals surface area contributed by atoms with Crippen molar-refractivity contribution in [3.8, 4) is 56.4 Å². The molecule has 2 heterocycles. The Morgan fingerprint density at radius 2 is 0.927 bits per heavy atom. The van der Waals surface area contributed by atoms with Crippen molar-refractivity contribution in [3.05, 3.63) is 139 Å². The van der Waals surface area contributed by atoms with Gasteiger partial charge in [0.1, 0.15) is 0 Å². The molecule has 0 fully saturated rings. The van der Waals surface area contributed by atoms with Crippen LogP contribution in [0.2, 0.25) is 0 Å². The van der Waals surface area contributed by atoms with Gasteiger partial charge in [-0.3, -0.25) is 0 Å². The van der Waals surface area contributed by atoms with Gasteiger partial charge in [-0.25, -0.2) is 15.0 Å². The summed E-state index contributed by atoms with van der Waals surface area (Å²) in [4.78, 5) is 14.5. The fourth-order valence-corrected chi connectivity index (χ4v) is 5.25. The first-order valence-electron chi connectivity index (χ1n) is 13.9. The zero-order chi connectivity index (χ0) is 27.6. The molecule has 0 bridgehead atoms. The van der Waals surface area contributed by atoms with Crippen LogP contribution in [0.25, 0.3) is 62.5 Å². The van der Waals surface area contributed by atoms with Crippen molar-refractivity contribution in [2.24, 2.45) is 0 Å². The largest absolute Gasteiger partial charge is 0.379 e. The van der Waals surface area contributed by atoms with Gasteiger partial charge in [0.05, 0.1) is 0 Å². The van der Waals surface area contributed by atoms with E-state index >= 15 is 0 Å². The summed E-state index contributed by atoms with van der Waals surface area (Å²) in [7, 11) is 0. The molecule has 1 aliphatic rings. The van der Waals surface area contributed by atoms with Gasteiger partial charge < -0.3 is 5.32 Å². The van der Waals surface area contributed by atoms with E-state index in [4.69, 9.17) is 15.0 Å². The molecule has 0 radical (unpaired) electrons. The Morgan fingerprint density at radius 3 is 1.46 bits per heavy atom. The summed E-state index contributed by atoms with van der Waals surface area (Å²) < 4.78 is 0. The van der Waals surface area contributed by atoms with Crippen LogP contribution in [0.3, 0.4) is 0 Å². The second-order valence-corrected chi connectivity index (χ2v) is 10.3. The highest BCUT2D eigenvalue weighted by molar-refractivity contribution is 5.85. The van der Waals surface area contributed by atoms with Crippen molar-refractivity contribution in [1.29, 1.82) is 0 Å². The molecule has 0 saturated carbocycles. The molecule has 1 N–H and O–H groups in total. The average molecular weight is 529 g/mol. The van der Waals surface area contributed by atoms with Gasteiger partial charge in [0.15, 0.2) is 17.5 Å². The summed E-state index contributed by atoms with van der Waals surface area (Å²) in [5.41, 5.74) is 10.0. The lowest BCUT2D eigenvalue weighted by atomic mass is 9.94. The number of hydrogen-bond acceptors (Lipinski definition) is 4. The molecule has 6 aromatic rings. The van der Waals surface area contributed by atoms with Crippen molar-refractivity contribution in [1.82, 2.24) is 15.0 Å². The summed E-state index contributed by atoms with van der Waals surface area (Å²) in [6, 6.07) is 44.1. The first-order valence-corrected chi connectivity index (χ1v) is 13.9. The molecule has 1 atom stereocenters. The first-order chi connectivity index (χ1) is 20.2. The topological polar surface area (TPSA) is 50.7 Å². The Labute approximate surface area is 240 Å². The van der Waals surface area contributed by atoms with E-state index in [0.717, 1.165) is 27.8 Å². The third-order valence-electron chi connectivity index (χ3n) is 7.41. The number of nitrogens with one attached hydrogen (secondary N) is 1. The van der Waals surface area contributed by atoms with Gasteiger partial charge in [0, 0.05) is 34.0 Å². The van der Waals surface area contributed by atoms with E-state index in [2.05, 4.69) is 91.1 Å². The minimum atomic E-state index is 0.343. The number of rotatable bonds is 5. The number of hydrogen-bond donors (Lipinski definition) is 1. The quantitative estimate of drug-likeness (QED) is 0.242. The molecule has 1 aromatic heterocycles. The third kappa shape index (κ3) is 5.04. The molecule has 41 heavy (non-hydrogen) atoms. The van der Waals surface area contributed by atoms with Crippen molar-refractivity contribution < 1.29 is 0 Å². The highest BCUT2D eigenvalue weighted by Crippen LogP contribution is 2.34. The van der Waals surface area contributed by atoms with Gasteiger partial charge in [-0.2, -0.15) is 0 Å². The Balaban J connectivity index is 1.20. The zero-order valence-electron chi connectivity index (χ0n) is 22.7. The number of nitrogens with zero attached hydrogens (tertiary/aromatic N) is 3. The van der Waals surface area contributed by atoms with Crippen LogP contribution in [-0.4, -0.2) is 21.0 Å². The smallest absolute Gasteiger partial charge is 0.164 e. The molecule has 1 aliphatic heterocycles. The third-order valence-corrected chi connectivity index (χ3v) is 7.41. The van der Waals surface area contributed by atoms with Gasteiger partial charge in [-0.15, -0.1) is 0 Å². The molecule has 196 valence electrons. The molecule has 4 nitrogen and oxygen atoms in total. The molecular weight excluding hydrogens is 500 g/mol. The maximum absolute atomic E-state index is 4.85. The first kappa shape index (κ1) is 24.7. The molecule has 0 saturated heterocycles. The summed E-state index contributed by atoms with van der Waals surface area (Å²) in [6.07, 6.45) is 4.44. The van der Waals surface area contributed by atoms with Crippen LogP contribution in [0.15, 0.2) is 133 Å². The normalized spacial score (nSPS) is 13.8. The summed E-state index contributed by atoms with van der Waals surface area (Å²) >= 11 is 0. The maximum Gasteiger partial charge on any atom is 0.164 e. The fraction of sp³-hybridized carbons (Fsp3) is 0.0541. The van der Waals surface area contributed by atoms with Crippen molar-refractivity contribution in [3.63, 3.8) is 0 Å². The molecule has 4 heteroatoms. The van der Waals surface area contributed by atoms with Gasteiger partial charge >= 0.3 is 0 Å². The van der Waals surface area contributed by atoms with Crippen LogP contribution >= 0.6 is 0 Å². The van der Waals surface area contributed by atoms with E-state index in [1.165, 1.54) is 22.4 Å². The van der Waals surface area contributed by atoms with E-state index in [0.29, 0.717) is 23.5 Å². The summed E-state index contributed by atoms with van der Waals surface area (Å²) in [5, 5.41) is 3.55. The number of aromatic nitrogens is 3. The van der Waals surface area contributed by atoms with Crippen molar-refractivity contribution >= 4 is 11.8 Å². The average Bonchev–Trinajstić information content (AvgIpc) is 3.05. The van der Waals surface area contributed by atoms with Crippen molar-refractivity contribution in [2.45, 2.75) is 13.0 Å².